The Morgan fingerprint density at radius 1 is 1.09 bits per heavy atom. The maximum absolute atomic E-state index is 13.9. The molecule has 0 unspecified atom stereocenters. The fourth-order valence-electron chi connectivity index (χ4n) is 4.88. The molecular weight excluding hydrogens is 673 g/mol. The molecule has 0 radical (unpaired) electrons. The average Bonchev–Trinajstić information content (AvgIpc) is 3.59. The van der Waals surface area contributed by atoms with Crippen molar-refractivity contribution in [1.82, 2.24) is 14.5 Å². The lowest BCUT2D eigenvalue weighted by Gasteiger charge is -2.25. The van der Waals surface area contributed by atoms with Crippen LogP contribution < -0.4 is 14.9 Å². The van der Waals surface area contributed by atoms with Crippen LogP contribution in [0, 0.1) is 0 Å². The zero-order valence-corrected chi connectivity index (χ0v) is 27.3. The second-order valence-corrected chi connectivity index (χ2v) is 13.0. The number of allylic oxidation sites excluding steroid dienone is 1. The second-order valence-electron chi connectivity index (χ2n) is 10.6. The molecule has 14 heteroatoms. The van der Waals surface area contributed by atoms with Gasteiger partial charge in [0.25, 0.3) is 5.56 Å². The van der Waals surface area contributed by atoms with E-state index in [2.05, 4.69) is 15.0 Å². The lowest BCUT2D eigenvalue weighted by Crippen LogP contribution is -2.40. The van der Waals surface area contributed by atoms with Gasteiger partial charge in [-0.2, -0.15) is 13.2 Å². The molecule has 0 bridgehead atoms. The molecule has 4 heterocycles. The minimum atomic E-state index is -4.68. The van der Waals surface area contributed by atoms with Crippen LogP contribution in [-0.4, -0.2) is 26.6 Å². The van der Waals surface area contributed by atoms with E-state index in [0.717, 1.165) is 29.2 Å². The summed E-state index contributed by atoms with van der Waals surface area (Å²) in [7, 11) is 0. The third-order valence-electron chi connectivity index (χ3n) is 6.90. The van der Waals surface area contributed by atoms with Gasteiger partial charge in [-0.3, -0.25) is 9.36 Å². The molecule has 0 spiro atoms. The summed E-state index contributed by atoms with van der Waals surface area (Å²) in [5, 5.41) is 0.556. The molecule has 2 aromatic carbocycles. The Balaban J connectivity index is 1.37. The Hall–Kier alpha value is -4.46. The lowest BCUT2D eigenvalue weighted by molar-refractivity contribution is -0.143. The number of thiazole rings is 1. The van der Waals surface area contributed by atoms with Crippen LogP contribution in [-0.2, 0) is 15.7 Å². The standard InChI is InChI=1S/C33H24ClF3N4O4S2/c1-17(2)44-30(43)27-18(3)38-32-41(28(27)20-9-11-21(34)12-10-20)29(42)24(46-32)15-22-13-14-26(45-22)47-31-39-23(19-7-5-4-6-8-19)16-25(40-31)33(35,36)37/h4-17,28H,1-3H3/b24-15+/t28-/m0/s1. The number of hydrogen-bond donors (Lipinski definition) is 0. The quantitative estimate of drug-likeness (QED) is 0.133. The Morgan fingerprint density at radius 3 is 2.49 bits per heavy atom. The number of esters is 1. The van der Waals surface area contributed by atoms with E-state index < -0.39 is 35.5 Å². The molecule has 1 atom stereocenters. The summed E-state index contributed by atoms with van der Waals surface area (Å²) in [6, 6.07) is 18.5. The molecule has 0 fully saturated rings. The number of halogens is 4. The molecule has 0 aliphatic carbocycles. The minimum Gasteiger partial charge on any atom is -0.459 e. The first-order valence-electron chi connectivity index (χ1n) is 14.2. The molecule has 1 aliphatic rings. The van der Waals surface area contributed by atoms with Crippen LogP contribution in [0.4, 0.5) is 13.2 Å². The first-order chi connectivity index (χ1) is 22.4. The van der Waals surface area contributed by atoms with Crippen molar-refractivity contribution in [2.45, 2.75) is 49.3 Å². The Morgan fingerprint density at radius 2 is 1.81 bits per heavy atom. The zero-order valence-electron chi connectivity index (χ0n) is 24.9. The fraction of sp³-hybridized carbons (Fsp3) is 0.182. The van der Waals surface area contributed by atoms with E-state index in [0.29, 0.717) is 26.6 Å². The maximum Gasteiger partial charge on any atom is 0.433 e. The largest absolute Gasteiger partial charge is 0.459 e. The van der Waals surface area contributed by atoms with Gasteiger partial charge in [0.15, 0.2) is 15.1 Å². The monoisotopic (exact) mass is 696 g/mol. The van der Waals surface area contributed by atoms with Gasteiger partial charge in [-0.15, -0.1) is 0 Å². The van der Waals surface area contributed by atoms with E-state index in [1.165, 1.54) is 10.6 Å². The molecule has 6 rings (SSSR count). The normalized spacial score (nSPS) is 15.1. The van der Waals surface area contributed by atoms with Crippen LogP contribution >= 0.6 is 34.7 Å². The Labute approximate surface area is 278 Å². The van der Waals surface area contributed by atoms with E-state index in [-0.39, 0.29) is 31.8 Å². The number of rotatable bonds is 7. The molecule has 0 amide bonds. The highest BCUT2D eigenvalue weighted by Gasteiger charge is 2.35. The minimum absolute atomic E-state index is 0.116. The van der Waals surface area contributed by atoms with Crippen molar-refractivity contribution in [3.63, 3.8) is 0 Å². The van der Waals surface area contributed by atoms with Crippen molar-refractivity contribution in [2.75, 3.05) is 0 Å². The van der Waals surface area contributed by atoms with Crippen molar-refractivity contribution >= 4 is 46.7 Å². The highest BCUT2D eigenvalue weighted by Crippen LogP contribution is 2.35. The third kappa shape index (κ3) is 6.97. The number of hydrogen-bond acceptors (Lipinski definition) is 9. The zero-order chi connectivity index (χ0) is 33.5. The Bertz CT molecular complexity index is 2190. The van der Waals surface area contributed by atoms with Crippen LogP contribution in [0.3, 0.4) is 0 Å². The van der Waals surface area contributed by atoms with E-state index in [4.69, 9.17) is 20.8 Å². The summed E-state index contributed by atoms with van der Waals surface area (Å²) >= 11 is 8.05. The predicted octanol–water partition coefficient (Wildman–Crippen LogP) is 7.06. The smallest absolute Gasteiger partial charge is 0.433 e. The van der Waals surface area contributed by atoms with Crippen molar-refractivity contribution in [1.29, 1.82) is 0 Å². The second kappa shape index (κ2) is 13.0. The van der Waals surface area contributed by atoms with Crippen LogP contribution in [0.15, 0.2) is 109 Å². The van der Waals surface area contributed by atoms with Gasteiger partial charge in [0.2, 0.25) is 0 Å². The van der Waals surface area contributed by atoms with Crippen LogP contribution in [0.2, 0.25) is 5.02 Å². The average molecular weight is 697 g/mol. The molecule has 0 N–H and O–H groups in total. The number of furan rings is 1. The molecule has 240 valence electrons. The topological polar surface area (TPSA) is 99.6 Å². The summed E-state index contributed by atoms with van der Waals surface area (Å²) in [4.78, 5) is 40.1. The number of ether oxygens (including phenoxy) is 1. The van der Waals surface area contributed by atoms with Crippen LogP contribution in [0.5, 0.6) is 0 Å². The van der Waals surface area contributed by atoms with E-state index in [9.17, 15) is 22.8 Å². The van der Waals surface area contributed by atoms with E-state index >= 15 is 0 Å². The Kier molecular flexibility index (Phi) is 8.97. The molecule has 0 saturated carbocycles. The van der Waals surface area contributed by atoms with Crippen molar-refractivity contribution in [3.8, 4) is 11.3 Å². The summed E-state index contributed by atoms with van der Waals surface area (Å²) in [6.07, 6.45) is -3.56. The molecule has 5 aromatic rings. The van der Waals surface area contributed by atoms with Gasteiger partial charge in [-0.05, 0) is 68.4 Å². The molecule has 1 aliphatic heterocycles. The van der Waals surface area contributed by atoms with Crippen molar-refractivity contribution < 1.29 is 27.1 Å². The molecule has 47 heavy (non-hydrogen) atoms. The summed E-state index contributed by atoms with van der Waals surface area (Å²) < 4.78 is 54.1. The predicted molar refractivity (Wildman–Crippen MR) is 172 cm³/mol. The van der Waals surface area contributed by atoms with Gasteiger partial charge in [-0.1, -0.05) is 65.4 Å². The van der Waals surface area contributed by atoms with Gasteiger partial charge >= 0.3 is 12.1 Å². The summed E-state index contributed by atoms with van der Waals surface area (Å²) in [5.41, 5.74) is 0.402. The number of carbonyl (C=O) groups excluding carboxylic acids is 1. The van der Waals surface area contributed by atoms with Crippen LogP contribution in [0.1, 0.15) is 43.8 Å². The highest BCUT2D eigenvalue weighted by molar-refractivity contribution is 7.99. The molecule has 0 saturated heterocycles. The van der Waals surface area contributed by atoms with Gasteiger partial charge in [-0.25, -0.2) is 19.8 Å². The van der Waals surface area contributed by atoms with Crippen molar-refractivity contribution in [2.24, 2.45) is 4.99 Å². The summed E-state index contributed by atoms with van der Waals surface area (Å²) in [6.45, 7) is 5.15. The number of benzene rings is 2. The first kappa shape index (κ1) is 32.5. The summed E-state index contributed by atoms with van der Waals surface area (Å²) in [5.74, 6) is -0.318. The molecule has 3 aromatic heterocycles. The maximum atomic E-state index is 13.9. The third-order valence-corrected chi connectivity index (χ3v) is 8.92. The van der Waals surface area contributed by atoms with E-state index in [1.807, 2.05) is 0 Å². The van der Waals surface area contributed by atoms with Gasteiger partial charge in [0, 0.05) is 16.7 Å². The SMILES string of the molecule is CC1=C(C(=O)OC(C)C)[C@H](c2ccc(Cl)cc2)n2c(s/c(=C/c3ccc(Sc4nc(-c5ccccc5)cc(C(F)(F)F)n4)o3)c2=O)=N1. The van der Waals surface area contributed by atoms with Gasteiger partial charge < -0.3 is 9.15 Å². The van der Waals surface area contributed by atoms with Crippen molar-refractivity contribution in [3.05, 3.63) is 126 Å². The van der Waals surface area contributed by atoms with Crippen LogP contribution in [0.25, 0.3) is 17.3 Å². The molecular formula is C33H24ClF3N4O4S2. The number of alkyl halides is 3. The number of fused-ring (bicyclic) bond motifs is 1. The number of carbonyl (C=O) groups is 1. The highest BCUT2D eigenvalue weighted by atomic mass is 35.5. The number of nitrogens with zero attached hydrogens (tertiary/aromatic N) is 4. The van der Waals surface area contributed by atoms with E-state index in [1.54, 1.807) is 87.5 Å². The van der Waals surface area contributed by atoms with Gasteiger partial charge in [0.1, 0.15) is 11.5 Å². The lowest BCUT2D eigenvalue weighted by atomic mass is 9.96. The van der Waals surface area contributed by atoms with Gasteiger partial charge in [0.05, 0.1) is 33.6 Å². The first-order valence-corrected chi connectivity index (χ1v) is 16.2. The molecule has 8 nitrogen and oxygen atoms in total. The number of aromatic nitrogens is 3. The fourth-order valence-corrected chi connectivity index (χ4v) is 6.77.